The van der Waals surface area contributed by atoms with Crippen LogP contribution in [0.5, 0.6) is 0 Å². The third-order valence-electron chi connectivity index (χ3n) is 5.80. The summed E-state index contributed by atoms with van der Waals surface area (Å²) in [4.78, 5) is 32.0. The molecular weight excluding hydrogens is 340 g/mol. The molecule has 2 aromatic heterocycles. The SMILES string of the molecule is O=C(Cc1cnc2ccccn12)N1CCC[C@@]2(C1)C(=O)Nc1ccccc12. The van der Waals surface area contributed by atoms with Crippen LogP contribution in [0.15, 0.2) is 54.9 Å². The number of carbonyl (C=O) groups excluding carboxylic acids is 2. The molecule has 1 spiro atoms. The normalized spacial score (nSPS) is 21.5. The van der Waals surface area contributed by atoms with Gasteiger partial charge in [0.05, 0.1) is 17.5 Å². The largest absolute Gasteiger partial charge is 0.341 e. The van der Waals surface area contributed by atoms with E-state index in [0.29, 0.717) is 13.1 Å². The van der Waals surface area contributed by atoms with Crippen molar-refractivity contribution in [2.24, 2.45) is 0 Å². The number of piperidine rings is 1. The number of hydrogen-bond donors (Lipinski definition) is 1. The predicted octanol–water partition coefficient (Wildman–Crippen LogP) is 2.39. The molecule has 1 N–H and O–H groups in total. The van der Waals surface area contributed by atoms with E-state index in [4.69, 9.17) is 0 Å². The number of pyridine rings is 1. The summed E-state index contributed by atoms with van der Waals surface area (Å²) >= 11 is 0. The van der Waals surface area contributed by atoms with Crippen LogP contribution in [0, 0.1) is 0 Å². The van der Waals surface area contributed by atoms with Crippen LogP contribution in [0.4, 0.5) is 5.69 Å². The van der Waals surface area contributed by atoms with E-state index in [1.54, 1.807) is 6.20 Å². The Morgan fingerprint density at radius 3 is 2.96 bits per heavy atom. The molecule has 6 heteroatoms. The second kappa shape index (κ2) is 5.94. The molecule has 0 unspecified atom stereocenters. The van der Waals surface area contributed by atoms with Crippen LogP contribution in [-0.4, -0.2) is 39.2 Å². The molecule has 1 saturated heterocycles. The summed E-state index contributed by atoms with van der Waals surface area (Å²) in [6.45, 7) is 1.12. The number of carbonyl (C=O) groups is 2. The van der Waals surface area contributed by atoms with Gasteiger partial charge in [-0.25, -0.2) is 4.98 Å². The van der Waals surface area contributed by atoms with Crippen LogP contribution in [0.25, 0.3) is 5.65 Å². The number of benzene rings is 1. The maximum Gasteiger partial charge on any atom is 0.236 e. The summed E-state index contributed by atoms with van der Waals surface area (Å²) in [6, 6.07) is 13.6. The van der Waals surface area contributed by atoms with Crippen LogP contribution < -0.4 is 5.32 Å². The highest BCUT2D eigenvalue weighted by molar-refractivity contribution is 6.06. The van der Waals surface area contributed by atoms with Crippen LogP contribution in [0.2, 0.25) is 0 Å². The van der Waals surface area contributed by atoms with Gasteiger partial charge in [0.15, 0.2) is 0 Å². The molecule has 136 valence electrons. The van der Waals surface area contributed by atoms with E-state index in [1.165, 1.54) is 0 Å². The second-order valence-electron chi connectivity index (χ2n) is 7.36. The van der Waals surface area contributed by atoms with Crippen molar-refractivity contribution in [1.82, 2.24) is 14.3 Å². The van der Waals surface area contributed by atoms with E-state index in [9.17, 15) is 9.59 Å². The van der Waals surface area contributed by atoms with Gasteiger partial charge in [-0.1, -0.05) is 24.3 Å². The van der Waals surface area contributed by atoms with Crippen LogP contribution in [-0.2, 0) is 21.4 Å². The zero-order valence-electron chi connectivity index (χ0n) is 14.9. The number of hydrogen-bond acceptors (Lipinski definition) is 3. The van der Waals surface area contributed by atoms with Gasteiger partial charge >= 0.3 is 0 Å². The molecule has 0 bridgehead atoms. The molecule has 2 amide bonds. The number of amides is 2. The third-order valence-corrected chi connectivity index (χ3v) is 5.80. The van der Waals surface area contributed by atoms with Crippen molar-refractivity contribution in [1.29, 1.82) is 0 Å². The lowest BCUT2D eigenvalue weighted by Crippen LogP contribution is -2.52. The third kappa shape index (κ3) is 2.44. The molecule has 0 radical (unpaired) electrons. The van der Waals surface area contributed by atoms with Gasteiger partial charge in [-0.15, -0.1) is 0 Å². The number of rotatable bonds is 2. The number of para-hydroxylation sites is 1. The van der Waals surface area contributed by atoms with Gasteiger partial charge in [-0.3, -0.25) is 9.59 Å². The van der Waals surface area contributed by atoms with Gasteiger partial charge in [0.1, 0.15) is 5.65 Å². The summed E-state index contributed by atoms with van der Waals surface area (Å²) in [5, 5.41) is 3.00. The van der Waals surface area contributed by atoms with Gasteiger partial charge in [-0.05, 0) is 36.6 Å². The lowest BCUT2D eigenvalue weighted by atomic mass is 9.75. The van der Waals surface area contributed by atoms with Crippen molar-refractivity contribution in [2.45, 2.75) is 24.7 Å². The predicted molar refractivity (Wildman–Crippen MR) is 101 cm³/mol. The molecule has 0 aliphatic carbocycles. The summed E-state index contributed by atoms with van der Waals surface area (Å²) in [6.07, 6.45) is 5.55. The molecule has 3 aromatic rings. The van der Waals surface area contributed by atoms with Gasteiger partial charge in [0.25, 0.3) is 0 Å². The average Bonchev–Trinajstić information content (AvgIpc) is 3.22. The molecule has 1 fully saturated rings. The summed E-state index contributed by atoms with van der Waals surface area (Å²) in [5.41, 5.74) is 2.97. The minimum Gasteiger partial charge on any atom is -0.341 e. The average molecular weight is 360 g/mol. The summed E-state index contributed by atoms with van der Waals surface area (Å²) in [7, 11) is 0. The Balaban J connectivity index is 1.41. The molecule has 1 atom stereocenters. The van der Waals surface area contributed by atoms with Crippen molar-refractivity contribution >= 4 is 23.1 Å². The van der Waals surface area contributed by atoms with Gasteiger partial charge in [0, 0.05) is 31.2 Å². The second-order valence-corrected chi connectivity index (χ2v) is 7.36. The van der Waals surface area contributed by atoms with E-state index >= 15 is 0 Å². The Kier molecular flexibility index (Phi) is 3.53. The molecule has 4 heterocycles. The lowest BCUT2D eigenvalue weighted by molar-refractivity contribution is -0.134. The fourth-order valence-corrected chi connectivity index (χ4v) is 4.43. The first-order valence-electron chi connectivity index (χ1n) is 9.27. The van der Waals surface area contributed by atoms with Crippen molar-refractivity contribution in [3.63, 3.8) is 0 Å². The highest BCUT2D eigenvalue weighted by Gasteiger charge is 2.49. The molecule has 5 rings (SSSR count). The molecule has 1 aromatic carbocycles. The summed E-state index contributed by atoms with van der Waals surface area (Å²) < 4.78 is 1.94. The number of nitrogens with one attached hydrogen (secondary N) is 1. The topological polar surface area (TPSA) is 66.7 Å². The smallest absolute Gasteiger partial charge is 0.236 e. The standard InChI is InChI=1S/C21H20N4O2/c26-19(12-15-13-22-18-8-3-4-11-25(15)18)24-10-5-9-21(14-24)16-6-1-2-7-17(16)23-20(21)27/h1-4,6-8,11,13H,5,9-10,12,14H2,(H,23,27)/t21-/m0/s1. The molecule has 0 saturated carbocycles. The Hall–Kier alpha value is -3.15. The van der Waals surface area contributed by atoms with Crippen molar-refractivity contribution in [2.75, 3.05) is 18.4 Å². The van der Waals surface area contributed by atoms with E-state index < -0.39 is 5.41 Å². The number of anilines is 1. The number of nitrogens with zero attached hydrogens (tertiary/aromatic N) is 3. The highest BCUT2D eigenvalue weighted by Crippen LogP contribution is 2.43. The summed E-state index contributed by atoms with van der Waals surface area (Å²) in [5.74, 6) is 0.0490. The molecule has 2 aliphatic heterocycles. The number of imidazole rings is 1. The Labute approximate surface area is 156 Å². The van der Waals surface area contributed by atoms with E-state index in [2.05, 4.69) is 10.3 Å². The molecule has 27 heavy (non-hydrogen) atoms. The number of likely N-dealkylation sites (tertiary alicyclic amines) is 1. The molecule has 6 nitrogen and oxygen atoms in total. The minimum absolute atomic E-state index is 0.0102. The zero-order chi connectivity index (χ0) is 18.4. The van der Waals surface area contributed by atoms with Gasteiger partial charge in [0.2, 0.25) is 11.8 Å². The van der Waals surface area contributed by atoms with Crippen LogP contribution in [0.3, 0.4) is 0 Å². The fraction of sp³-hybridized carbons (Fsp3) is 0.286. The van der Waals surface area contributed by atoms with E-state index in [-0.39, 0.29) is 18.2 Å². The zero-order valence-corrected chi connectivity index (χ0v) is 14.9. The Bertz CT molecular complexity index is 1060. The number of fused-ring (bicyclic) bond motifs is 3. The van der Waals surface area contributed by atoms with Gasteiger partial charge < -0.3 is 14.6 Å². The quantitative estimate of drug-likeness (QED) is 0.763. The lowest BCUT2D eigenvalue weighted by Gasteiger charge is -2.39. The van der Waals surface area contributed by atoms with Crippen molar-refractivity contribution in [3.05, 3.63) is 66.1 Å². The van der Waals surface area contributed by atoms with Crippen LogP contribution >= 0.6 is 0 Å². The minimum atomic E-state index is -0.621. The van der Waals surface area contributed by atoms with Crippen molar-refractivity contribution < 1.29 is 9.59 Å². The van der Waals surface area contributed by atoms with Crippen molar-refractivity contribution in [3.8, 4) is 0 Å². The number of aromatic nitrogens is 2. The monoisotopic (exact) mass is 360 g/mol. The van der Waals surface area contributed by atoms with Crippen LogP contribution in [0.1, 0.15) is 24.1 Å². The molecule has 2 aliphatic rings. The Morgan fingerprint density at radius 2 is 2.04 bits per heavy atom. The van der Waals surface area contributed by atoms with E-state index in [0.717, 1.165) is 35.4 Å². The first-order chi connectivity index (χ1) is 13.2. The maximum absolute atomic E-state index is 13.0. The Morgan fingerprint density at radius 1 is 1.19 bits per heavy atom. The highest BCUT2D eigenvalue weighted by atomic mass is 16.2. The van der Waals surface area contributed by atoms with E-state index in [1.807, 2.05) is 58.0 Å². The molecular formula is C21H20N4O2. The first-order valence-corrected chi connectivity index (χ1v) is 9.27. The maximum atomic E-state index is 13.0. The first kappa shape index (κ1) is 16.1. The van der Waals surface area contributed by atoms with Gasteiger partial charge in [-0.2, -0.15) is 0 Å². The fourth-order valence-electron chi connectivity index (χ4n) is 4.43.